The van der Waals surface area contributed by atoms with Gasteiger partial charge in [0.15, 0.2) is 0 Å². The van der Waals surface area contributed by atoms with E-state index in [9.17, 15) is 19.2 Å². The van der Waals surface area contributed by atoms with Gasteiger partial charge in [-0.1, -0.05) is 88.0 Å². The molecule has 0 amide bonds. The molecule has 0 spiro atoms. The fourth-order valence-corrected chi connectivity index (χ4v) is 8.42. The molecule has 7 heteroatoms. The van der Waals surface area contributed by atoms with Crippen molar-refractivity contribution in [3.63, 3.8) is 0 Å². The molecular weight excluding hydrogens is 628 g/mol. The lowest BCUT2D eigenvalue weighted by Gasteiger charge is -2.38. The maximum absolute atomic E-state index is 11.9. The van der Waals surface area contributed by atoms with E-state index in [1.165, 1.54) is 38.5 Å². The number of ether oxygens (including phenoxy) is 3. The third kappa shape index (κ3) is 14.2. The summed E-state index contributed by atoms with van der Waals surface area (Å²) in [6, 6.07) is 0. The average molecular weight is 707 g/mol. The Hall–Kier alpha value is -1.92. The third-order valence-electron chi connectivity index (χ3n) is 12.2. The highest BCUT2D eigenvalue weighted by Crippen LogP contribution is 2.54. The molecule has 2 bridgehead atoms. The molecule has 3 saturated carbocycles. The standard InChI is InChI=1S/C15H28O2.C11H20.C9H18O2.C8H12O3/c1-6-12(3)14(16)17-15(4,5)13-9-7-11(2)8-10-13;1-3-10-8-5-6-9(7-8)11(10)4-2;1-6-7(2)8(10)11-9(3,4)5;1-3-5-6(4-2)8(10)11-7(5)9/h11-13H,6-10H2,1-5H3;8-11H,3-7H2,1-2H3;7H,6H2,1-5H3;5-6H,3-4H2,1-2H3. The van der Waals surface area contributed by atoms with Crippen molar-refractivity contribution in [3.05, 3.63) is 0 Å². The summed E-state index contributed by atoms with van der Waals surface area (Å²) >= 11 is 0. The van der Waals surface area contributed by atoms with Crippen molar-refractivity contribution in [2.24, 2.45) is 59.2 Å². The van der Waals surface area contributed by atoms with Crippen LogP contribution in [0.5, 0.6) is 0 Å². The van der Waals surface area contributed by atoms with Gasteiger partial charge in [0, 0.05) is 0 Å². The Balaban J connectivity index is 0.000000340. The largest absolute Gasteiger partial charge is 0.460 e. The van der Waals surface area contributed by atoms with Crippen molar-refractivity contribution < 1.29 is 33.4 Å². The van der Waals surface area contributed by atoms with E-state index in [-0.39, 0.29) is 58.8 Å². The van der Waals surface area contributed by atoms with Gasteiger partial charge in [-0.25, -0.2) is 0 Å². The molecule has 0 aromatic heterocycles. The zero-order valence-corrected chi connectivity index (χ0v) is 34.8. The third-order valence-corrected chi connectivity index (χ3v) is 12.2. The molecular formula is C43H78O7. The van der Waals surface area contributed by atoms with Crippen LogP contribution in [-0.4, -0.2) is 35.1 Å². The molecule has 8 atom stereocenters. The lowest BCUT2D eigenvalue weighted by atomic mass is 9.75. The summed E-state index contributed by atoms with van der Waals surface area (Å²) in [5.74, 6) is 4.72. The van der Waals surface area contributed by atoms with E-state index in [0.717, 1.165) is 42.4 Å². The summed E-state index contributed by atoms with van der Waals surface area (Å²) in [5.41, 5.74) is -0.638. The minimum atomic E-state index is -0.347. The van der Waals surface area contributed by atoms with E-state index in [0.29, 0.717) is 18.8 Å². The topological polar surface area (TPSA) is 96.0 Å². The molecule has 0 aromatic carbocycles. The number of esters is 4. The summed E-state index contributed by atoms with van der Waals surface area (Å²) < 4.78 is 15.4. The van der Waals surface area contributed by atoms with Crippen molar-refractivity contribution in [3.8, 4) is 0 Å². The van der Waals surface area contributed by atoms with E-state index >= 15 is 0 Å². The molecule has 0 radical (unpaired) electrons. The van der Waals surface area contributed by atoms with Gasteiger partial charge in [-0.2, -0.15) is 0 Å². The van der Waals surface area contributed by atoms with Crippen molar-refractivity contribution in [2.45, 2.75) is 192 Å². The number of hydrogen-bond donors (Lipinski definition) is 0. The van der Waals surface area contributed by atoms with Gasteiger partial charge in [0.25, 0.3) is 0 Å². The van der Waals surface area contributed by atoms with Gasteiger partial charge >= 0.3 is 23.9 Å². The SMILES string of the molecule is CCC(C)C(=O)OC(C)(C)C.CCC(C)C(=O)OC(C)(C)C1CCC(C)CC1.CCC1C(=O)OC(=O)C1CC.CCC1C2CCC(C2)C1CC. The van der Waals surface area contributed by atoms with Crippen LogP contribution >= 0.6 is 0 Å². The summed E-state index contributed by atoms with van der Waals surface area (Å²) in [6.45, 7) is 28.5. The van der Waals surface area contributed by atoms with Gasteiger partial charge in [-0.05, 0) is 128 Å². The second-order valence-corrected chi connectivity index (χ2v) is 17.4. The Kier molecular flexibility index (Phi) is 19.9. The Morgan fingerprint density at radius 2 is 1.06 bits per heavy atom. The first-order chi connectivity index (χ1) is 23.3. The first kappa shape index (κ1) is 46.1. The minimum absolute atomic E-state index is 0.0224. The monoisotopic (exact) mass is 707 g/mol. The van der Waals surface area contributed by atoms with E-state index in [1.54, 1.807) is 19.3 Å². The fraction of sp³-hybridized carbons (Fsp3) is 0.907. The predicted octanol–water partition coefficient (Wildman–Crippen LogP) is 11.1. The highest BCUT2D eigenvalue weighted by Gasteiger charge is 2.45. The molecule has 50 heavy (non-hydrogen) atoms. The number of fused-ring (bicyclic) bond motifs is 2. The van der Waals surface area contributed by atoms with Crippen LogP contribution < -0.4 is 0 Å². The smallest absolute Gasteiger partial charge is 0.317 e. The Labute approximate surface area is 307 Å². The molecule has 3 aliphatic carbocycles. The van der Waals surface area contributed by atoms with Crippen LogP contribution in [0.25, 0.3) is 0 Å². The minimum Gasteiger partial charge on any atom is -0.460 e. The summed E-state index contributed by atoms with van der Waals surface area (Å²) in [5, 5.41) is 0. The number of hydrogen-bond acceptors (Lipinski definition) is 7. The maximum Gasteiger partial charge on any atom is 0.317 e. The second kappa shape index (κ2) is 21.6. The van der Waals surface area contributed by atoms with Gasteiger partial charge in [0.05, 0.1) is 23.7 Å². The van der Waals surface area contributed by atoms with Crippen molar-refractivity contribution in [1.82, 2.24) is 0 Å². The molecule has 1 saturated heterocycles. The molecule has 7 nitrogen and oxygen atoms in total. The van der Waals surface area contributed by atoms with Gasteiger partial charge in [-0.15, -0.1) is 0 Å². The molecule has 292 valence electrons. The van der Waals surface area contributed by atoms with Crippen LogP contribution in [0, 0.1) is 59.2 Å². The Morgan fingerprint density at radius 1 is 0.660 bits per heavy atom. The van der Waals surface area contributed by atoms with Crippen molar-refractivity contribution >= 4 is 23.9 Å². The van der Waals surface area contributed by atoms with Crippen molar-refractivity contribution in [1.29, 1.82) is 0 Å². The fourth-order valence-electron chi connectivity index (χ4n) is 8.42. The molecule has 8 unspecified atom stereocenters. The van der Waals surface area contributed by atoms with Crippen LogP contribution in [-0.2, 0) is 33.4 Å². The second-order valence-electron chi connectivity index (χ2n) is 17.4. The number of cyclic esters (lactones) is 2. The molecule has 0 N–H and O–H groups in total. The van der Waals surface area contributed by atoms with Crippen LogP contribution in [0.1, 0.15) is 180 Å². The van der Waals surface area contributed by atoms with E-state index < -0.39 is 0 Å². The first-order valence-electron chi connectivity index (χ1n) is 20.5. The van der Waals surface area contributed by atoms with Gasteiger partial charge in [-0.3, -0.25) is 19.2 Å². The van der Waals surface area contributed by atoms with E-state index in [2.05, 4.69) is 39.4 Å². The molecule has 0 aromatic rings. The Bertz CT molecular complexity index is 998. The molecule has 4 aliphatic rings. The van der Waals surface area contributed by atoms with Crippen LogP contribution in [0.2, 0.25) is 0 Å². The van der Waals surface area contributed by atoms with Gasteiger partial charge < -0.3 is 14.2 Å². The van der Waals surface area contributed by atoms with Crippen molar-refractivity contribution in [2.75, 3.05) is 0 Å². The van der Waals surface area contributed by atoms with Crippen LogP contribution in [0.3, 0.4) is 0 Å². The van der Waals surface area contributed by atoms with E-state index in [1.807, 2.05) is 62.3 Å². The first-order valence-corrected chi connectivity index (χ1v) is 20.5. The summed E-state index contributed by atoms with van der Waals surface area (Å²) in [6.07, 6.45) is 15.6. The van der Waals surface area contributed by atoms with Gasteiger partial charge in [0.2, 0.25) is 0 Å². The maximum atomic E-state index is 11.9. The number of rotatable bonds is 10. The Morgan fingerprint density at radius 3 is 1.40 bits per heavy atom. The number of carbonyl (C=O) groups is 4. The predicted molar refractivity (Wildman–Crippen MR) is 203 cm³/mol. The lowest BCUT2D eigenvalue weighted by molar-refractivity contribution is -0.168. The molecule has 4 rings (SSSR count). The average Bonchev–Trinajstić information content (AvgIpc) is 3.75. The van der Waals surface area contributed by atoms with Gasteiger partial charge in [0.1, 0.15) is 11.2 Å². The van der Waals surface area contributed by atoms with Crippen LogP contribution in [0.4, 0.5) is 0 Å². The van der Waals surface area contributed by atoms with Crippen LogP contribution in [0.15, 0.2) is 0 Å². The highest BCUT2D eigenvalue weighted by atomic mass is 16.6. The number of carbonyl (C=O) groups excluding carboxylic acids is 4. The summed E-state index contributed by atoms with van der Waals surface area (Å²) in [4.78, 5) is 44.9. The lowest BCUT2D eigenvalue weighted by Crippen LogP contribution is -2.39. The molecule has 1 aliphatic heterocycles. The zero-order chi connectivity index (χ0) is 38.4. The van der Waals surface area contributed by atoms with E-state index in [4.69, 9.17) is 9.47 Å². The quantitative estimate of drug-likeness (QED) is 0.127. The highest BCUT2D eigenvalue weighted by molar-refractivity contribution is 5.96. The normalized spacial score (nSPS) is 30.0. The molecule has 4 fully saturated rings. The molecule has 1 heterocycles. The zero-order valence-electron chi connectivity index (χ0n) is 34.8. The summed E-state index contributed by atoms with van der Waals surface area (Å²) in [7, 11) is 0.